The molecule has 114 valence electrons. The number of aryl methyl sites for hydroxylation is 2. The molecule has 0 unspecified atom stereocenters. The van der Waals surface area contributed by atoms with E-state index < -0.39 is 0 Å². The highest BCUT2D eigenvalue weighted by atomic mass is 16.1. The number of amides is 1. The number of nitrogens with zero attached hydrogens (tertiary/aromatic N) is 1. The van der Waals surface area contributed by atoms with Crippen LogP contribution in [-0.2, 0) is 11.2 Å². The van der Waals surface area contributed by atoms with Crippen molar-refractivity contribution in [2.75, 3.05) is 10.6 Å². The van der Waals surface area contributed by atoms with Gasteiger partial charge in [0.15, 0.2) is 0 Å². The summed E-state index contributed by atoms with van der Waals surface area (Å²) < 4.78 is 0. The number of hydrogen-bond acceptors (Lipinski definition) is 3. The zero-order valence-corrected chi connectivity index (χ0v) is 12.9. The lowest BCUT2D eigenvalue weighted by Gasteiger charge is -2.18. The van der Waals surface area contributed by atoms with Crippen LogP contribution in [0.15, 0.2) is 48.5 Å². The molecule has 3 aromatic rings. The van der Waals surface area contributed by atoms with Gasteiger partial charge in [0.05, 0.1) is 5.52 Å². The molecule has 0 aliphatic carbocycles. The van der Waals surface area contributed by atoms with E-state index in [1.54, 1.807) is 0 Å². The molecule has 1 aromatic heterocycles. The summed E-state index contributed by atoms with van der Waals surface area (Å²) in [5.41, 5.74) is 5.27. The summed E-state index contributed by atoms with van der Waals surface area (Å²) >= 11 is 0. The smallest absolute Gasteiger partial charge is 0.224 e. The van der Waals surface area contributed by atoms with Crippen LogP contribution in [0.1, 0.15) is 17.5 Å². The third-order valence-electron chi connectivity index (χ3n) is 4.22. The summed E-state index contributed by atoms with van der Waals surface area (Å²) in [5.74, 6) is 0.910. The van der Waals surface area contributed by atoms with E-state index in [-0.39, 0.29) is 5.91 Å². The van der Waals surface area contributed by atoms with Crippen LogP contribution in [0.25, 0.3) is 10.9 Å². The van der Waals surface area contributed by atoms with Gasteiger partial charge in [-0.25, -0.2) is 4.98 Å². The number of nitrogens with one attached hydrogen (secondary N) is 2. The van der Waals surface area contributed by atoms with E-state index in [1.807, 2.05) is 30.3 Å². The number of rotatable bonds is 2. The Hall–Kier alpha value is -2.88. The van der Waals surface area contributed by atoms with Crippen molar-refractivity contribution in [1.29, 1.82) is 0 Å². The Morgan fingerprint density at radius 1 is 1.09 bits per heavy atom. The van der Waals surface area contributed by atoms with Gasteiger partial charge in [0.25, 0.3) is 0 Å². The van der Waals surface area contributed by atoms with Crippen LogP contribution in [0.5, 0.6) is 0 Å². The second kappa shape index (κ2) is 5.39. The zero-order valence-electron chi connectivity index (χ0n) is 12.9. The molecule has 0 bridgehead atoms. The number of carbonyl (C=O) groups is 1. The van der Waals surface area contributed by atoms with Gasteiger partial charge in [-0.1, -0.05) is 12.1 Å². The Morgan fingerprint density at radius 2 is 2.00 bits per heavy atom. The third kappa shape index (κ3) is 2.63. The largest absolute Gasteiger partial charge is 0.340 e. The van der Waals surface area contributed by atoms with Crippen molar-refractivity contribution in [3.05, 3.63) is 59.7 Å². The van der Waals surface area contributed by atoms with Gasteiger partial charge in [0, 0.05) is 23.2 Å². The number of benzene rings is 2. The van der Waals surface area contributed by atoms with E-state index in [1.165, 1.54) is 10.9 Å². The molecule has 0 saturated heterocycles. The van der Waals surface area contributed by atoms with Crippen molar-refractivity contribution in [3.63, 3.8) is 0 Å². The Kier molecular flexibility index (Phi) is 3.23. The minimum absolute atomic E-state index is 0.0878. The van der Waals surface area contributed by atoms with Crippen LogP contribution in [0.4, 0.5) is 17.2 Å². The Labute approximate surface area is 134 Å². The standard InChI is InChI=1S/C19H17N3O/c1-12-3-2-4-17-15(12)7-9-18(21-17)20-14-6-8-16-13(11-14)5-10-19(23)22-16/h2-4,6-9,11H,5,10H2,1H3,(H,20,21)(H,22,23). The summed E-state index contributed by atoms with van der Waals surface area (Å²) in [5, 5.41) is 7.42. The molecule has 2 N–H and O–H groups in total. The molecule has 1 aliphatic heterocycles. The second-order valence-corrected chi connectivity index (χ2v) is 5.88. The summed E-state index contributed by atoms with van der Waals surface area (Å²) in [7, 11) is 0. The van der Waals surface area contributed by atoms with Crippen molar-refractivity contribution < 1.29 is 4.79 Å². The van der Waals surface area contributed by atoms with Crippen LogP contribution in [-0.4, -0.2) is 10.9 Å². The number of anilines is 3. The summed E-state index contributed by atoms with van der Waals surface area (Å²) in [6, 6.07) is 16.2. The molecular formula is C19H17N3O. The molecule has 0 saturated carbocycles. The average molecular weight is 303 g/mol. The molecule has 2 aromatic carbocycles. The fraction of sp³-hybridized carbons (Fsp3) is 0.158. The Bertz CT molecular complexity index is 918. The first kappa shape index (κ1) is 13.8. The lowest BCUT2D eigenvalue weighted by molar-refractivity contribution is -0.116. The number of fused-ring (bicyclic) bond motifs is 2. The van der Waals surface area contributed by atoms with Crippen molar-refractivity contribution in [2.24, 2.45) is 0 Å². The maximum absolute atomic E-state index is 11.4. The highest BCUT2D eigenvalue weighted by Gasteiger charge is 2.14. The molecule has 23 heavy (non-hydrogen) atoms. The second-order valence-electron chi connectivity index (χ2n) is 5.88. The topological polar surface area (TPSA) is 54.0 Å². The van der Waals surface area contributed by atoms with Gasteiger partial charge in [-0.05, 0) is 60.9 Å². The predicted molar refractivity (Wildman–Crippen MR) is 93.2 cm³/mol. The molecule has 0 radical (unpaired) electrons. The molecule has 4 rings (SSSR count). The van der Waals surface area contributed by atoms with E-state index in [0.29, 0.717) is 6.42 Å². The molecule has 0 fully saturated rings. The van der Waals surface area contributed by atoms with E-state index in [2.05, 4.69) is 40.7 Å². The normalized spacial score (nSPS) is 13.5. The predicted octanol–water partition coefficient (Wildman–Crippen LogP) is 4.17. The van der Waals surface area contributed by atoms with Gasteiger partial charge in [0.1, 0.15) is 5.82 Å². The van der Waals surface area contributed by atoms with Crippen LogP contribution >= 0.6 is 0 Å². The fourth-order valence-corrected chi connectivity index (χ4v) is 2.99. The van der Waals surface area contributed by atoms with Gasteiger partial charge >= 0.3 is 0 Å². The van der Waals surface area contributed by atoms with E-state index in [4.69, 9.17) is 0 Å². The maximum atomic E-state index is 11.4. The van der Waals surface area contributed by atoms with E-state index in [0.717, 1.165) is 34.7 Å². The van der Waals surface area contributed by atoms with Gasteiger partial charge in [-0.15, -0.1) is 0 Å². The Morgan fingerprint density at radius 3 is 2.91 bits per heavy atom. The molecule has 4 heteroatoms. The zero-order chi connectivity index (χ0) is 15.8. The lowest BCUT2D eigenvalue weighted by atomic mass is 10.0. The van der Waals surface area contributed by atoms with Crippen molar-refractivity contribution in [3.8, 4) is 0 Å². The van der Waals surface area contributed by atoms with Crippen molar-refractivity contribution >= 4 is 34.0 Å². The van der Waals surface area contributed by atoms with Crippen molar-refractivity contribution in [2.45, 2.75) is 19.8 Å². The fourth-order valence-electron chi connectivity index (χ4n) is 2.99. The molecule has 1 aliphatic rings. The molecule has 0 spiro atoms. The van der Waals surface area contributed by atoms with Crippen molar-refractivity contribution in [1.82, 2.24) is 4.98 Å². The summed E-state index contributed by atoms with van der Waals surface area (Å²) in [6.07, 6.45) is 1.32. The van der Waals surface area contributed by atoms with Gasteiger partial charge in [-0.2, -0.15) is 0 Å². The molecule has 4 nitrogen and oxygen atoms in total. The van der Waals surface area contributed by atoms with Gasteiger partial charge in [-0.3, -0.25) is 4.79 Å². The van der Waals surface area contributed by atoms with Crippen LogP contribution in [0, 0.1) is 6.92 Å². The third-order valence-corrected chi connectivity index (χ3v) is 4.22. The highest BCUT2D eigenvalue weighted by molar-refractivity contribution is 5.94. The maximum Gasteiger partial charge on any atom is 0.224 e. The summed E-state index contributed by atoms with van der Waals surface area (Å²) in [6.45, 7) is 2.09. The van der Waals surface area contributed by atoms with Crippen LogP contribution in [0.2, 0.25) is 0 Å². The minimum atomic E-state index is 0.0878. The minimum Gasteiger partial charge on any atom is -0.340 e. The number of pyridine rings is 1. The molecule has 2 heterocycles. The number of carbonyl (C=O) groups excluding carboxylic acids is 1. The molecule has 1 amide bonds. The van der Waals surface area contributed by atoms with Crippen LogP contribution < -0.4 is 10.6 Å². The number of hydrogen-bond donors (Lipinski definition) is 2. The van der Waals surface area contributed by atoms with E-state index >= 15 is 0 Å². The molecular weight excluding hydrogens is 286 g/mol. The first-order valence-corrected chi connectivity index (χ1v) is 7.75. The van der Waals surface area contributed by atoms with Gasteiger partial charge < -0.3 is 10.6 Å². The SMILES string of the molecule is Cc1cccc2nc(Nc3ccc4c(c3)CCC(=O)N4)ccc12. The summed E-state index contributed by atoms with van der Waals surface area (Å²) in [4.78, 5) is 16.1. The highest BCUT2D eigenvalue weighted by Crippen LogP contribution is 2.27. The lowest BCUT2D eigenvalue weighted by Crippen LogP contribution is -2.18. The number of aromatic nitrogens is 1. The van der Waals surface area contributed by atoms with E-state index in [9.17, 15) is 4.79 Å². The monoisotopic (exact) mass is 303 g/mol. The quantitative estimate of drug-likeness (QED) is 0.747. The first-order chi connectivity index (χ1) is 11.2. The Balaban J connectivity index is 1.64. The average Bonchev–Trinajstić information content (AvgIpc) is 2.55. The first-order valence-electron chi connectivity index (χ1n) is 7.75. The van der Waals surface area contributed by atoms with Crippen LogP contribution in [0.3, 0.4) is 0 Å². The van der Waals surface area contributed by atoms with Gasteiger partial charge in [0.2, 0.25) is 5.91 Å². The molecule has 0 atom stereocenters.